The molecule has 19 nitrogen and oxygen atoms in total. The Labute approximate surface area is 794 Å². The van der Waals surface area contributed by atoms with Gasteiger partial charge in [-0.25, -0.2) is 4.39 Å². The fourth-order valence-electron chi connectivity index (χ4n) is 17.7. The molecule has 0 atom stereocenters. The maximum absolute atomic E-state index is 15.1. The van der Waals surface area contributed by atoms with Crippen molar-refractivity contribution in [3.63, 3.8) is 0 Å². The van der Waals surface area contributed by atoms with Crippen molar-refractivity contribution in [1.29, 1.82) is 0 Å². The minimum absolute atomic E-state index is 0.000481. The Morgan fingerprint density at radius 1 is 0.353 bits per heavy atom. The molecular formula is C113H127F4N9O10. The van der Waals surface area contributed by atoms with Crippen molar-refractivity contribution in [3.8, 4) is 56.0 Å². The molecule has 4 aliphatic rings. The molecule has 8 aromatic carbocycles. The maximum atomic E-state index is 15.1. The van der Waals surface area contributed by atoms with Crippen molar-refractivity contribution in [2.75, 3.05) is 46.1 Å². The molecule has 23 heteroatoms. The lowest BCUT2D eigenvalue weighted by molar-refractivity contribution is -0.137. The Morgan fingerprint density at radius 3 is 0.926 bits per heavy atom. The number of unbranched alkanes of at least 4 members (excludes halogenated alkanes) is 4. The van der Waals surface area contributed by atoms with Gasteiger partial charge in [0, 0.05) is 172 Å². The lowest BCUT2D eigenvalue weighted by Crippen LogP contribution is -2.25. The summed E-state index contributed by atoms with van der Waals surface area (Å²) in [4.78, 5) is 119. The van der Waals surface area contributed by atoms with E-state index in [1.54, 1.807) is 76.1 Å². The van der Waals surface area contributed by atoms with E-state index in [2.05, 4.69) is 75.0 Å². The van der Waals surface area contributed by atoms with E-state index < -0.39 is 11.7 Å². The summed E-state index contributed by atoms with van der Waals surface area (Å²) in [6, 6.07) is 35.4. The molecule has 12 aromatic rings. The van der Waals surface area contributed by atoms with Crippen LogP contribution >= 0.6 is 0 Å². The first-order valence-electron chi connectivity index (χ1n) is 48.5. The predicted octanol–water partition coefficient (Wildman–Crippen LogP) is 25.3. The molecule has 0 spiro atoms. The van der Waals surface area contributed by atoms with Crippen LogP contribution in [-0.2, 0) is 25.4 Å². The Hall–Kier alpha value is -12.9. The van der Waals surface area contributed by atoms with Gasteiger partial charge < -0.3 is 36.5 Å². The Bertz CT molecular complexity index is 6530. The van der Waals surface area contributed by atoms with Crippen molar-refractivity contribution in [2.45, 2.75) is 230 Å². The van der Waals surface area contributed by atoms with Crippen molar-refractivity contribution in [1.82, 2.24) is 41.2 Å². The summed E-state index contributed by atoms with van der Waals surface area (Å²) in [7, 11) is 3.27. The minimum Gasteiger partial charge on any atom is -0.496 e. The molecule has 4 fully saturated rings. The molecule has 136 heavy (non-hydrogen) atoms. The maximum Gasteiger partial charge on any atom is 0.417 e. The summed E-state index contributed by atoms with van der Waals surface area (Å²) in [6.45, 7) is 24.3. The number of Topliss-reactive ketones (excluding diaryl/α,β-unsaturated/α-hetero) is 4. The van der Waals surface area contributed by atoms with Gasteiger partial charge in [0.25, 0.3) is 23.6 Å². The number of aromatic nitrogens is 4. The van der Waals surface area contributed by atoms with Crippen LogP contribution in [0.2, 0.25) is 0 Å². The minimum atomic E-state index is -4.60. The van der Waals surface area contributed by atoms with Gasteiger partial charge in [-0.3, -0.25) is 58.3 Å². The van der Waals surface area contributed by atoms with Crippen molar-refractivity contribution in [3.05, 3.63) is 241 Å². The molecule has 6 N–H and O–H groups in total. The number of nitrogen functional groups attached to an aromatic ring is 1. The van der Waals surface area contributed by atoms with Gasteiger partial charge in [0.15, 0.2) is 23.1 Å². The van der Waals surface area contributed by atoms with Crippen LogP contribution in [0.4, 0.5) is 23.2 Å². The topological polar surface area (TPSA) is 281 Å². The first kappa shape index (κ1) is 101. The van der Waals surface area contributed by atoms with Crippen LogP contribution in [0.5, 0.6) is 11.5 Å². The number of fused-ring (bicyclic) bond motifs is 4. The molecule has 16 rings (SSSR count). The summed E-state index contributed by atoms with van der Waals surface area (Å²) >= 11 is 0. The molecule has 4 aliphatic carbocycles. The Morgan fingerprint density at radius 2 is 0.625 bits per heavy atom. The lowest BCUT2D eigenvalue weighted by Gasteiger charge is -2.18. The number of nitrogens with two attached hydrogens (primary N) is 1. The van der Waals surface area contributed by atoms with Crippen LogP contribution in [0.1, 0.15) is 304 Å². The second-order valence-electron chi connectivity index (χ2n) is 36.8. The molecule has 0 aliphatic heterocycles. The fraction of sp³-hybridized carbons (Fsp3) is 0.398. The molecule has 0 radical (unpaired) electrons. The number of hydrogen-bond acceptors (Lipinski definition) is 15. The van der Waals surface area contributed by atoms with Crippen LogP contribution in [0.3, 0.4) is 0 Å². The predicted molar refractivity (Wildman–Crippen MR) is 534 cm³/mol. The van der Waals surface area contributed by atoms with Crippen molar-refractivity contribution < 1.29 is 65.4 Å². The van der Waals surface area contributed by atoms with E-state index in [1.165, 1.54) is 18.3 Å². The molecule has 0 saturated heterocycles. The number of hydrogen-bond donors (Lipinski definition) is 5. The quantitative estimate of drug-likeness (QED) is 0.0137. The van der Waals surface area contributed by atoms with Gasteiger partial charge in [0.1, 0.15) is 17.3 Å². The number of benzene rings is 8. The highest BCUT2D eigenvalue weighted by Crippen LogP contribution is 2.46. The number of methoxy groups -OCH3 is 2. The zero-order valence-corrected chi connectivity index (χ0v) is 80.7. The zero-order chi connectivity index (χ0) is 97.3. The highest BCUT2D eigenvalue weighted by atomic mass is 19.4. The molecule has 4 aromatic heterocycles. The number of alkyl halides is 3. The second kappa shape index (κ2) is 45.6. The van der Waals surface area contributed by atoms with Gasteiger partial charge in [-0.2, -0.15) is 13.2 Å². The highest BCUT2D eigenvalue weighted by molar-refractivity contribution is 6.10. The average molecular weight is 1850 g/mol. The van der Waals surface area contributed by atoms with E-state index in [4.69, 9.17) is 15.2 Å². The molecule has 0 unspecified atom stereocenters. The third-order valence-electron chi connectivity index (χ3n) is 26.4. The molecule has 712 valence electrons. The SMILES string of the molecule is CCCCNC(=O)c1ccc(-c2cc3c(CC)c(C(=O)CC4CC4)cnc3cc2C(F)(F)F)cc1C.CCCCNC(=O)c1ccc(-c2cc3c(CC)c(C(=O)CC4CC4)cnc3cc2F)cc1C.CCCCNC(=O)c1ccc(-c2cc3c(CC)c(C(=O)CC4CC4)cnc3cc2OC)cc1C.CCCCNC(=O)c1ccc(-c2cc3c(N)c(C(=O)CC4CC4)cnc3cc2OC)cc1C. The monoisotopic (exact) mass is 1850 g/mol. The summed E-state index contributed by atoms with van der Waals surface area (Å²) in [6.07, 6.45) is 22.5. The van der Waals surface area contributed by atoms with Gasteiger partial charge in [-0.15, -0.1) is 0 Å². The van der Waals surface area contributed by atoms with E-state index in [0.717, 1.165) is 204 Å². The van der Waals surface area contributed by atoms with Gasteiger partial charge >= 0.3 is 6.18 Å². The number of aryl methyl sites for hydroxylation is 7. The van der Waals surface area contributed by atoms with E-state index in [9.17, 15) is 51.5 Å². The number of ether oxygens (including phenoxy) is 2. The third kappa shape index (κ3) is 24.5. The number of pyridine rings is 4. The Balaban J connectivity index is 0.000000153. The molecule has 4 saturated carbocycles. The number of carbonyl (C=O) groups is 8. The number of halogens is 4. The van der Waals surface area contributed by atoms with Crippen LogP contribution in [0.15, 0.2) is 146 Å². The number of nitrogens with zero attached hydrogens (tertiary/aromatic N) is 4. The number of ketones is 4. The van der Waals surface area contributed by atoms with Gasteiger partial charge in [0.2, 0.25) is 0 Å². The highest BCUT2D eigenvalue weighted by Gasteiger charge is 2.37. The van der Waals surface area contributed by atoms with Crippen LogP contribution in [-0.4, -0.2) is 107 Å². The fourth-order valence-corrected chi connectivity index (χ4v) is 17.7. The van der Waals surface area contributed by atoms with Crippen LogP contribution < -0.4 is 36.5 Å². The van der Waals surface area contributed by atoms with Gasteiger partial charge in [-0.05, 0) is 269 Å². The standard InChI is InChI=1S/C29H31F3N2O2.C29H34N2O3.C28H31FN2O2.C27H31N3O3/c1-4-6-11-33-28(36)21-10-9-19(12-17(21)3)22-14-23-20(5-2)24(27(35)13-18-7-8-18)16-34-26(23)15-25(22)29(30,31)32;1-5-7-12-30-29(33)22-11-10-20(13-18(22)3)23-15-24-21(6-2)25(27(32)14-19-8-9-19)17-31-26(24)16-28(23)34-4;1-4-6-11-30-28(33)21-10-9-19(12-17(21)3)22-14-23-20(5-2)24(27(32)13-18-7-8-18)16-31-26(23)15-25(22)29;1-4-5-10-29-27(32)19-9-8-18(11-16(19)2)20-13-21-23(14-25(20)33-3)30-15-22(26(21)28)24(31)12-17-6-7-17/h9-10,12,14-16,18H,4-8,11,13H2,1-3H3,(H,33,36);10-11,13,15-17,19H,5-9,12,14H2,1-4H3,(H,30,33);9-10,12,14-16,18H,4-8,11,13H2,1-3H3,(H,30,33);8-9,11,13-15,17H,4-7,10,12H2,1-3H3,(H2,28,30)(H,29,32). The molecule has 4 heterocycles. The normalized spacial score (nSPS) is 13.4. The summed E-state index contributed by atoms with van der Waals surface area (Å²) in [5, 5.41) is 14.8. The smallest absolute Gasteiger partial charge is 0.417 e. The third-order valence-corrected chi connectivity index (χ3v) is 26.4. The van der Waals surface area contributed by atoms with Gasteiger partial charge in [-0.1, -0.05) is 123 Å². The number of anilines is 1. The van der Waals surface area contributed by atoms with E-state index in [0.29, 0.717) is 177 Å². The summed E-state index contributed by atoms with van der Waals surface area (Å²) < 4.78 is 68.9. The lowest BCUT2D eigenvalue weighted by atomic mass is 9.90. The van der Waals surface area contributed by atoms with E-state index in [-0.39, 0.29) is 63.7 Å². The second-order valence-corrected chi connectivity index (χ2v) is 36.8. The molecular weight excluding hydrogens is 1720 g/mol. The van der Waals surface area contributed by atoms with E-state index in [1.807, 2.05) is 102 Å². The number of amides is 4. The van der Waals surface area contributed by atoms with E-state index >= 15 is 4.39 Å². The number of carbonyl (C=O) groups excluding carboxylic acids is 8. The first-order valence-corrected chi connectivity index (χ1v) is 48.5. The van der Waals surface area contributed by atoms with Crippen LogP contribution in [0.25, 0.3) is 88.1 Å². The largest absolute Gasteiger partial charge is 0.496 e. The summed E-state index contributed by atoms with van der Waals surface area (Å²) in [5.41, 5.74) is 24.2. The molecule has 0 bridgehead atoms. The first-order chi connectivity index (χ1) is 65.4. The number of rotatable bonds is 37. The molecule has 4 amide bonds. The van der Waals surface area contributed by atoms with Crippen LogP contribution in [0, 0.1) is 57.2 Å². The zero-order valence-electron chi connectivity index (χ0n) is 80.7. The van der Waals surface area contributed by atoms with Crippen molar-refractivity contribution in [2.24, 2.45) is 23.7 Å². The Kier molecular flexibility index (Phi) is 33.7. The number of nitrogens with one attached hydrogen (secondary N) is 4. The summed E-state index contributed by atoms with van der Waals surface area (Å²) in [5.74, 6) is 2.87. The van der Waals surface area contributed by atoms with Crippen molar-refractivity contribution >= 4 is 96.1 Å². The van der Waals surface area contributed by atoms with Gasteiger partial charge in [0.05, 0.1) is 53.1 Å². The average Bonchev–Trinajstić information content (AvgIpc) is 0.883.